The quantitative estimate of drug-likeness (QED) is 0.823. The Balaban J connectivity index is 1.94. The van der Waals surface area contributed by atoms with Crippen molar-refractivity contribution in [2.24, 2.45) is 0 Å². The van der Waals surface area contributed by atoms with Gasteiger partial charge in [0.1, 0.15) is 5.82 Å². The zero-order valence-corrected chi connectivity index (χ0v) is 12.9. The Morgan fingerprint density at radius 1 is 1.23 bits per heavy atom. The molecule has 0 saturated heterocycles. The highest BCUT2D eigenvalue weighted by atomic mass is 79.9. The van der Waals surface area contributed by atoms with Crippen molar-refractivity contribution >= 4 is 33.3 Å². The number of nitrogens with one attached hydrogen (secondary N) is 1. The van der Waals surface area contributed by atoms with Crippen LogP contribution in [-0.4, -0.2) is 16.8 Å². The molecule has 1 atom stereocenters. The standard InChI is InChI=1S/C16H11BrFNO3/c17-10-3-1-9(2-4-10)14(20)8-16(22)12-7-11(18)5-6-13(12)19-15(16)21/h1-7,22H,8H2,(H,19,21)/t16-/m0/s1. The molecule has 0 radical (unpaired) electrons. The van der Waals surface area contributed by atoms with Gasteiger partial charge in [0, 0.05) is 21.3 Å². The molecule has 22 heavy (non-hydrogen) atoms. The number of aliphatic hydroxyl groups is 1. The van der Waals surface area contributed by atoms with Gasteiger partial charge in [0.25, 0.3) is 5.91 Å². The molecule has 6 heteroatoms. The monoisotopic (exact) mass is 363 g/mol. The molecule has 0 bridgehead atoms. The summed E-state index contributed by atoms with van der Waals surface area (Å²) in [6, 6.07) is 10.2. The summed E-state index contributed by atoms with van der Waals surface area (Å²) in [7, 11) is 0. The first kappa shape index (κ1) is 14.9. The van der Waals surface area contributed by atoms with Crippen LogP contribution in [0.1, 0.15) is 22.3 Å². The van der Waals surface area contributed by atoms with Crippen LogP contribution in [0, 0.1) is 5.82 Å². The number of hydrogen-bond acceptors (Lipinski definition) is 3. The number of carbonyl (C=O) groups is 2. The zero-order chi connectivity index (χ0) is 15.9. The van der Waals surface area contributed by atoms with E-state index >= 15 is 0 Å². The van der Waals surface area contributed by atoms with Crippen molar-refractivity contribution in [3.63, 3.8) is 0 Å². The van der Waals surface area contributed by atoms with Gasteiger partial charge in [-0.2, -0.15) is 0 Å². The van der Waals surface area contributed by atoms with Crippen LogP contribution in [0.2, 0.25) is 0 Å². The molecule has 112 valence electrons. The molecule has 0 aromatic heterocycles. The topological polar surface area (TPSA) is 66.4 Å². The summed E-state index contributed by atoms with van der Waals surface area (Å²) in [5.41, 5.74) is -1.28. The Labute approximate surface area is 134 Å². The minimum absolute atomic E-state index is 0.0861. The number of hydrogen-bond donors (Lipinski definition) is 2. The third-order valence-electron chi connectivity index (χ3n) is 3.63. The lowest BCUT2D eigenvalue weighted by Crippen LogP contribution is -2.36. The van der Waals surface area contributed by atoms with Gasteiger partial charge in [-0.15, -0.1) is 0 Å². The summed E-state index contributed by atoms with van der Waals surface area (Å²) in [5.74, 6) is -1.70. The second kappa shape index (κ2) is 5.30. The van der Waals surface area contributed by atoms with Crippen LogP contribution >= 0.6 is 15.9 Å². The number of Topliss-reactive ketones (excluding diaryl/α,β-unsaturated/α-hetero) is 1. The third-order valence-corrected chi connectivity index (χ3v) is 4.16. The molecule has 1 amide bonds. The number of fused-ring (bicyclic) bond motifs is 1. The molecule has 2 aromatic rings. The van der Waals surface area contributed by atoms with Gasteiger partial charge in [0.2, 0.25) is 0 Å². The van der Waals surface area contributed by atoms with Crippen molar-refractivity contribution in [2.45, 2.75) is 12.0 Å². The zero-order valence-electron chi connectivity index (χ0n) is 11.3. The van der Waals surface area contributed by atoms with Crippen molar-refractivity contribution in [2.75, 3.05) is 5.32 Å². The maximum atomic E-state index is 13.4. The molecule has 1 aliphatic rings. The van der Waals surface area contributed by atoms with Crippen molar-refractivity contribution in [3.05, 3.63) is 63.9 Å². The van der Waals surface area contributed by atoms with Gasteiger partial charge in [0.15, 0.2) is 11.4 Å². The molecule has 0 spiro atoms. The summed E-state index contributed by atoms with van der Waals surface area (Å²) in [6.07, 6.45) is -0.448. The summed E-state index contributed by atoms with van der Waals surface area (Å²) in [4.78, 5) is 24.4. The van der Waals surface area contributed by atoms with Gasteiger partial charge >= 0.3 is 0 Å². The van der Waals surface area contributed by atoms with Gasteiger partial charge in [-0.1, -0.05) is 28.1 Å². The molecule has 2 aromatic carbocycles. The van der Waals surface area contributed by atoms with Crippen LogP contribution in [0.5, 0.6) is 0 Å². The second-order valence-electron chi connectivity index (χ2n) is 5.11. The molecular formula is C16H11BrFNO3. The van der Waals surface area contributed by atoms with Crippen molar-refractivity contribution in [1.29, 1.82) is 0 Å². The van der Waals surface area contributed by atoms with Crippen LogP contribution in [-0.2, 0) is 10.4 Å². The lowest BCUT2D eigenvalue weighted by molar-refractivity contribution is -0.133. The highest BCUT2D eigenvalue weighted by molar-refractivity contribution is 9.10. The Morgan fingerprint density at radius 2 is 1.91 bits per heavy atom. The smallest absolute Gasteiger partial charge is 0.261 e. The van der Waals surface area contributed by atoms with Crippen LogP contribution in [0.3, 0.4) is 0 Å². The number of amides is 1. The van der Waals surface area contributed by atoms with E-state index in [0.29, 0.717) is 11.3 Å². The first-order chi connectivity index (χ1) is 10.4. The normalized spacial score (nSPS) is 19.7. The maximum Gasteiger partial charge on any atom is 0.261 e. The molecule has 1 aliphatic heterocycles. The van der Waals surface area contributed by atoms with E-state index in [9.17, 15) is 19.1 Å². The molecule has 1 heterocycles. The van der Waals surface area contributed by atoms with Crippen LogP contribution in [0.4, 0.5) is 10.1 Å². The van der Waals surface area contributed by atoms with E-state index in [1.165, 1.54) is 12.1 Å². The Kier molecular flexibility index (Phi) is 3.58. The van der Waals surface area contributed by atoms with E-state index in [0.717, 1.165) is 10.5 Å². The van der Waals surface area contributed by atoms with Crippen LogP contribution in [0.25, 0.3) is 0 Å². The minimum Gasteiger partial charge on any atom is -0.375 e. The number of ketones is 1. The van der Waals surface area contributed by atoms with Gasteiger partial charge in [-0.05, 0) is 30.3 Å². The van der Waals surface area contributed by atoms with E-state index < -0.39 is 29.5 Å². The van der Waals surface area contributed by atoms with Gasteiger partial charge < -0.3 is 10.4 Å². The highest BCUT2D eigenvalue weighted by Gasteiger charge is 2.47. The number of anilines is 1. The Morgan fingerprint density at radius 3 is 2.59 bits per heavy atom. The highest BCUT2D eigenvalue weighted by Crippen LogP contribution is 2.39. The predicted octanol–water partition coefficient (Wildman–Crippen LogP) is 3.00. The molecule has 0 saturated carbocycles. The van der Waals surface area contributed by atoms with Crippen molar-refractivity contribution < 1.29 is 19.1 Å². The first-order valence-electron chi connectivity index (χ1n) is 6.53. The summed E-state index contributed by atoms with van der Waals surface area (Å²) in [5, 5.41) is 13.1. The predicted molar refractivity (Wildman–Crippen MR) is 82.0 cm³/mol. The van der Waals surface area contributed by atoms with E-state index in [1.54, 1.807) is 24.3 Å². The fraction of sp³-hybridized carbons (Fsp3) is 0.125. The second-order valence-corrected chi connectivity index (χ2v) is 6.03. The molecule has 0 aliphatic carbocycles. The van der Waals surface area contributed by atoms with Gasteiger partial charge in [0.05, 0.1) is 6.42 Å². The van der Waals surface area contributed by atoms with Crippen molar-refractivity contribution in [3.8, 4) is 0 Å². The average molecular weight is 364 g/mol. The van der Waals surface area contributed by atoms with Gasteiger partial charge in [-0.25, -0.2) is 4.39 Å². The third kappa shape index (κ3) is 2.44. The van der Waals surface area contributed by atoms with E-state index in [1.807, 2.05) is 0 Å². The fourth-order valence-electron chi connectivity index (χ4n) is 2.46. The molecule has 0 unspecified atom stereocenters. The van der Waals surface area contributed by atoms with E-state index in [4.69, 9.17) is 0 Å². The molecule has 4 nitrogen and oxygen atoms in total. The lowest BCUT2D eigenvalue weighted by Gasteiger charge is -2.20. The number of rotatable bonds is 3. The summed E-state index contributed by atoms with van der Waals surface area (Å²) in [6.45, 7) is 0. The summed E-state index contributed by atoms with van der Waals surface area (Å²) >= 11 is 3.27. The maximum absolute atomic E-state index is 13.4. The molecule has 0 fully saturated rings. The van der Waals surface area contributed by atoms with Crippen molar-refractivity contribution in [1.82, 2.24) is 0 Å². The van der Waals surface area contributed by atoms with E-state index in [-0.39, 0.29) is 5.56 Å². The SMILES string of the molecule is O=C(C[C@@]1(O)C(=O)Nc2ccc(F)cc21)c1ccc(Br)cc1. The molecular weight excluding hydrogens is 353 g/mol. The largest absolute Gasteiger partial charge is 0.375 e. The number of halogens is 2. The van der Waals surface area contributed by atoms with E-state index in [2.05, 4.69) is 21.2 Å². The molecule has 3 rings (SSSR count). The summed E-state index contributed by atoms with van der Waals surface area (Å²) < 4.78 is 14.2. The average Bonchev–Trinajstić information content (AvgIpc) is 2.71. The molecule has 2 N–H and O–H groups in total. The fourth-order valence-corrected chi connectivity index (χ4v) is 2.73. The minimum atomic E-state index is -2.05. The Bertz CT molecular complexity index is 775. The van der Waals surface area contributed by atoms with Crippen LogP contribution in [0.15, 0.2) is 46.9 Å². The van der Waals surface area contributed by atoms with Crippen LogP contribution < -0.4 is 5.32 Å². The first-order valence-corrected chi connectivity index (χ1v) is 7.32. The number of carbonyl (C=O) groups excluding carboxylic acids is 2. The number of benzene rings is 2. The lowest BCUT2D eigenvalue weighted by atomic mass is 9.88. The van der Waals surface area contributed by atoms with Gasteiger partial charge in [-0.3, -0.25) is 9.59 Å². The Hall–Kier alpha value is -2.05.